The first kappa shape index (κ1) is 123. The summed E-state index contributed by atoms with van der Waals surface area (Å²) in [6.45, 7) is 40.3. The van der Waals surface area contributed by atoms with Gasteiger partial charge in [0.1, 0.15) is 63.5 Å². The van der Waals surface area contributed by atoms with Gasteiger partial charge in [-0.15, -0.1) is 0 Å². The lowest BCUT2D eigenvalue weighted by molar-refractivity contribution is -0.192. The SMILES string of the molecule is CC(C)(C)OC(=O)NCCC[C@@H]1NC(=O)OC1=O.CCCCN.CCCCNC(=O)[C@@H](CC)CCCNC(=O)OC(C)(C)C.CCCCNC(=O)[C@H](CCCNC(=O)OC(C)(C)C)CC(=O)[C@@H](CC)Cc1ccc(F)cc1.CCCCNC(=O)[C@H](CCCNC(=O)OC(C)(C)C)CC(=O)[C@@H](CC)Cc1ccc(F)cc1.O=C(O)C(F)(F)F.O=C1N[C@@H](Cc2ccc(F)cc2)C(=O)O1. The number of alkyl carbamates (subject to hydrolysis) is 6. The average molecular weight is 1880 g/mol. The Bertz CT molecular complexity index is 3760. The minimum absolute atomic E-state index is 0.0299. The third-order valence-corrected chi connectivity index (χ3v) is 18.9. The molecule has 132 heavy (non-hydrogen) atoms. The van der Waals surface area contributed by atoms with E-state index >= 15 is 0 Å². The Kier molecular flexibility index (Phi) is 63.1. The molecule has 2 aliphatic heterocycles. The molecule has 12 N–H and O–H groups in total. The summed E-state index contributed by atoms with van der Waals surface area (Å²) in [7, 11) is 0. The zero-order chi connectivity index (χ0) is 101. The number of ketones is 2. The van der Waals surface area contributed by atoms with Crippen LogP contribution in [-0.2, 0) is 86.0 Å². The summed E-state index contributed by atoms with van der Waals surface area (Å²) in [5.74, 6) is -6.21. The van der Waals surface area contributed by atoms with E-state index in [1.54, 1.807) is 98.7 Å². The van der Waals surface area contributed by atoms with E-state index in [2.05, 4.69) is 85.0 Å². The Balaban J connectivity index is 0. The number of rotatable bonds is 45. The van der Waals surface area contributed by atoms with E-state index < -0.39 is 107 Å². The highest BCUT2D eigenvalue weighted by molar-refractivity contribution is 5.96. The van der Waals surface area contributed by atoms with E-state index in [1.165, 1.54) is 49.2 Å². The Morgan fingerprint density at radius 1 is 0.386 bits per heavy atom. The highest BCUT2D eigenvalue weighted by Gasteiger charge is 2.39. The first-order chi connectivity index (χ1) is 61.7. The normalized spacial score (nSPS) is 14.4. The number of nitrogens with one attached hydrogen (secondary N) is 9. The van der Waals surface area contributed by atoms with Gasteiger partial charge in [0.05, 0.1) is 0 Å². The van der Waals surface area contributed by atoms with E-state index in [-0.39, 0.29) is 77.3 Å². The van der Waals surface area contributed by atoms with Crippen molar-refractivity contribution in [1.82, 2.24) is 47.9 Å². The van der Waals surface area contributed by atoms with Gasteiger partial charge in [0, 0.05) is 94.7 Å². The molecule has 0 bridgehead atoms. The topological polar surface area (TPSA) is 449 Å². The summed E-state index contributed by atoms with van der Waals surface area (Å²) in [5.41, 5.74) is 5.56. The molecule has 750 valence electrons. The Morgan fingerprint density at radius 2 is 0.652 bits per heavy atom. The Labute approximate surface area is 776 Å². The Hall–Kier alpha value is -10.6. The van der Waals surface area contributed by atoms with Gasteiger partial charge in [0.15, 0.2) is 0 Å². The number of carbonyl (C=O) groups is 14. The van der Waals surface area contributed by atoms with Crippen molar-refractivity contribution < 1.29 is 127 Å². The van der Waals surface area contributed by atoms with E-state index in [1.807, 2.05) is 41.5 Å². The molecule has 0 unspecified atom stereocenters. The number of carbonyl (C=O) groups excluding carboxylic acids is 13. The molecular weight excluding hydrogens is 1730 g/mol. The van der Waals surface area contributed by atoms with Gasteiger partial charge in [-0.2, -0.15) is 13.2 Å². The van der Waals surface area contributed by atoms with Crippen molar-refractivity contribution in [2.45, 2.75) is 326 Å². The molecule has 0 saturated carbocycles. The predicted molar refractivity (Wildman–Crippen MR) is 490 cm³/mol. The molecule has 31 nitrogen and oxygen atoms in total. The number of aliphatic carboxylic acids is 1. The zero-order valence-corrected chi connectivity index (χ0v) is 81.1. The molecule has 9 amide bonds. The smallest absolute Gasteiger partial charge is 0.475 e. The summed E-state index contributed by atoms with van der Waals surface area (Å²) in [6, 6.07) is 16.8. The van der Waals surface area contributed by atoms with Crippen molar-refractivity contribution in [3.05, 3.63) is 107 Å². The van der Waals surface area contributed by atoms with Crippen LogP contribution in [0.2, 0.25) is 0 Å². The highest BCUT2D eigenvalue weighted by atomic mass is 19.4. The maximum Gasteiger partial charge on any atom is 0.490 e. The number of amides is 9. The van der Waals surface area contributed by atoms with Gasteiger partial charge in [0.2, 0.25) is 17.7 Å². The summed E-state index contributed by atoms with van der Waals surface area (Å²) >= 11 is 0. The van der Waals surface area contributed by atoms with Gasteiger partial charge in [-0.05, 0) is 252 Å². The minimum atomic E-state index is -5.08. The lowest BCUT2D eigenvalue weighted by Gasteiger charge is -2.21. The maximum atomic E-state index is 13.2. The standard InChI is InChI=1S/2C26H41FN2O4.C16H32N2O3.C11H18N2O5.C10H8FNO3.C4H11N.C2HF3O2/c2*1-6-8-15-28-24(31)21(10-9-16-29-25(32)33-26(3,4)5)18-23(30)20(7-2)17-19-11-13-22(27)14-12-19;1-6-8-11-17-14(19)13(7-2)10-9-12-18-15(20)21-16(3,4)5;1-11(2,3)18-9(15)12-6-4-5-7-8(14)17-10(16)13-7;11-7-3-1-6(2-4-7)5-8-9(13)15-10(14)12-8;1-2-3-4-5;3-2(4,5)1(6)7/h2*11-14,20-21H,6-10,15-18H2,1-5H3,(H,28,31)(H,29,32);13H,6-12H2,1-5H3,(H,17,19)(H,18,20);7H,4-6H2,1-3H3,(H,12,15)(H,13,16);1-4,8H,5H2,(H,12,14);2-5H2,1H3;(H,6,7)/t2*20-,21+;13-;7-;8-;;/m00000../s1. The zero-order valence-electron chi connectivity index (χ0n) is 81.1. The van der Waals surface area contributed by atoms with E-state index in [4.69, 9.17) is 34.6 Å². The van der Waals surface area contributed by atoms with Crippen LogP contribution in [0, 0.1) is 47.0 Å². The number of unbranched alkanes of at least 4 members (excludes halogenated alkanes) is 4. The van der Waals surface area contributed by atoms with Crippen LogP contribution < -0.4 is 53.6 Å². The van der Waals surface area contributed by atoms with Gasteiger partial charge in [-0.1, -0.05) is 111 Å². The molecule has 3 aromatic carbocycles. The van der Waals surface area contributed by atoms with E-state index in [9.17, 15) is 88.7 Å². The second-order valence-electron chi connectivity index (χ2n) is 35.5. The number of alkyl halides is 3. The van der Waals surface area contributed by atoms with E-state index in [0.29, 0.717) is 110 Å². The molecule has 0 aliphatic carbocycles. The largest absolute Gasteiger partial charge is 0.490 e. The lowest BCUT2D eigenvalue weighted by Crippen LogP contribution is -2.35. The average Bonchev–Trinajstić information content (AvgIpc) is 1.68. The van der Waals surface area contributed by atoms with Crippen LogP contribution in [-0.4, -0.2) is 182 Å². The van der Waals surface area contributed by atoms with Crippen LogP contribution in [0.4, 0.5) is 55.1 Å². The number of nitrogens with two attached hydrogens (primary N) is 1. The summed E-state index contributed by atoms with van der Waals surface area (Å²) < 4.78 is 100.0. The number of hydrogen-bond acceptors (Lipinski definition) is 21. The fourth-order valence-corrected chi connectivity index (χ4v) is 11.9. The van der Waals surface area contributed by atoms with Gasteiger partial charge >= 0.3 is 60.6 Å². The van der Waals surface area contributed by atoms with Crippen LogP contribution >= 0.6 is 0 Å². The first-order valence-corrected chi connectivity index (χ1v) is 45.7. The van der Waals surface area contributed by atoms with Crippen molar-refractivity contribution in [1.29, 1.82) is 0 Å². The number of esters is 2. The second-order valence-corrected chi connectivity index (χ2v) is 35.5. The van der Waals surface area contributed by atoms with Gasteiger partial charge in [-0.25, -0.2) is 56.3 Å². The van der Waals surface area contributed by atoms with E-state index in [0.717, 1.165) is 87.6 Å². The number of ether oxygens (including phenoxy) is 6. The maximum absolute atomic E-state index is 13.2. The van der Waals surface area contributed by atoms with Gasteiger partial charge in [0.25, 0.3) is 0 Å². The fourth-order valence-electron chi connectivity index (χ4n) is 11.9. The van der Waals surface area contributed by atoms with Crippen molar-refractivity contribution in [2.24, 2.45) is 35.3 Å². The Morgan fingerprint density at radius 3 is 0.902 bits per heavy atom. The second kappa shape index (κ2) is 67.5. The molecular formula is C95H152F6N10O21. The molecule has 2 aliphatic rings. The molecule has 0 aromatic heterocycles. The molecule has 2 fully saturated rings. The van der Waals surface area contributed by atoms with Gasteiger partial charge < -0.3 is 87.1 Å². The van der Waals surface area contributed by atoms with Crippen LogP contribution in [0.5, 0.6) is 0 Å². The van der Waals surface area contributed by atoms with Crippen molar-refractivity contribution >= 4 is 83.8 Å². The highest BCUT2D eigenvalue weighted by Crippen LogP contribution is 2.25. The monoisotopic (exact) mass is 1880 g/mol. The number of halogens is 6. The van der Waals surface area contributed by atoms with Gasteiger partial charge in [-0.3, -0.25) is 24.0 Å². The minimum Gasteiger partial charge on any atom is -0.475 e. The molecule has 0 radical (unpaired) electrons. The molecule has 2 heterocycles. The van der Waals surface area contributed by atoms with Crippen molar-refractivity contribution in [3.8, 4) is 0 Å². The van der Waals surface area contributed by atoms with Crippen molar-refractivity contribution in [3.63, 3.8) is 0 Å². The molecule has 7 atom stereocenters. The van der Waals surface area contributed by atoms with Crippen LogP contribution in [0.1, 0.15) is 283 Å². The lowest BCUT2D eigenvalue weighted by atomic mass is 9.86. The number of carboxylic acids is 1. The molecule has 0 spiro atoms. The molecule has 2 saturated heterocycles. The number of Topliss-reactive ketones (excluding diaryl/α,β-unsaturated/α-hetero) is 2. The van der Waals surface area contributed by atoms with Crippen LogP contribution in [0.3, 0.4) is 0 Å². The summed E-state index contributed by atoms with van der Waals surface area (Å²) in [5, 5.41) is 31.4. The first-order valence-electron chi connectivity index (χ1n) is 45.7. The number of benzene rings is 3. The summed E-state index contributed by atoms with van der Waals surface area (Å²) in [6.07, 6.45) is 8.21. The van der Waals surface area contributed by atoms with Crippen molar-refractivity contribution in [2.75, 3.05) is 52.4 Å². The fraction of sp³-hybridized carbons (Fsp3) is 0.663. The molecule has 3 aromatic rings. The third-order valence-electron chi connectivity index (χ3n) is 18.9. The number of carboxylic acid groups (broad SMARTS) is 1. The number of hydrogen-bond donors (Lipinski definition) is 11. The predicted octanol–water partition coefficient (Wildman–Crippen LogP) is 16.9. The molecule has 37 heteroatoms. The number of cyclic esters (lactones) is 4. The van der Waals surface area contributed by atoms with Crippen LogP contribution in [0.15, 0.2) is 72.8 Å². The summed E-state index contributed by atoms with van der Waals surface area (Å²) in [4.78, 5) is 162. The van der Waals surface area contributed by atoms with Crippen LogP contribution in [0.25, 0.3) is 0 Å². The molecule has 5 rings (SSSR count). The third kappa shape index (κ3) is 65.0. The quantitative estimate of drug-likeness (QED) is 0.00823.